The maximum atomic E-state index is 13.6. The van der Waals surface area contributed by atoms with Gasteiger partial charge in [0.15, 0.2) is 5.78 Å². The maximum absolute atomic E-state index is 13.6. The molecule has 1 aliphatic heterocycles. The number of aromatic nitrogens is 2. The fourth-order valence-corrected chi connectivity index (χ4v) is 5.09. The van der Waals surface area contributed by atoms with Crippen molar-refractivity contribution in [3.05, 3.63) is 128 Å². The van der Waals surface area contributed by atoms with Crippen molar-refractivity contribution in [1.29, 1.82) is 0 Å². The second kappa shape index (κ2) is 7.28. The van der Waals surface area contributed by atoms with Crippen LogP contribution in [0.1, 0.15) is 33.0 Å². The second-order valence-electron chi connectivity index (χ2n) is 8.68. The van der Waals surface area contributed by atoms with Crippen LogP contribution < -0.4 is 16.6 Å². The van der Waals surface area contributed by atoms with Crippen molar-refractivity contribution >= 4 is 17.3 Å². The number of allylic oxidation sites excluding steroid dienone is 1. The number of nitrogens with one attached hydrogen (secondary N) is 1. The Balaban J connectivity index is 1.61. The molecule has 0 bridgehead atoms. The van der Waals surface area contributed by atoms with Crippen molar-refractivity contribution < 1.29 is 4.79 Å². The minimum absolute atomic E-state index is 0.100. The average molecular weight is 447 g/mol. The first-order valence-corrected chi connectivity index (χ1v) is 11.1. The Hall–Kier alpha value is -4.45. The third kappa shape index (κ3) is 2.72. The van der Waals surface area contributed by atoms with Crippen LogP contribution in [0.3, 0.4) is 0 Å². The number of fused-ring (bicyclic) bond motifs is 3. The minimum atomic E-state index is -0.596. The largest absolute Gasteiger partial charge is 0.340 e. The van der Waals surface area contributed by atoms with Crippen LogP contribution in [0.4, 0.5) is 5.82 Å². The van der Waals surface area contributed by atoms with E-state index in [2.05, 4.69) is 5.32 Å². The lowest BCUT2D eigenvalue weighted by atomic mass is 9.81. The summed E-state index contributed by atoms with van der Waals surface area (Å²) in [6.07, 6.45) is 0. The SMILES string of the molecule is Cn1c2c(c(=O)n(C)c1=O)C(c1ccc(-c3ccccc3)cc1)C1=C(N2)c2ccccc2C1=O. The Morgan fingerprint density at radius 3 is 2.03 bits per heavy atom. The third-order valence-electron chi connectivity index (χ3n) is 6.83. The van der Waals surface area contributed by atoms with Gasteiger partial charge in [-0.15, -0.1) is 0 Å². The normalized spacial score (nSPS) is 16.1. The smallest absolute Gasteiger partial charge is 0.332 e. The topological polar surface area (TPSA) is 73.1 Å². The van der Waals surface area contributed by atoms with Gasteiger partial charge in [0, 0.05) is 36.7 Å². The first-order chi connectivity index (χ1) is 16.5. The molecule has 166 valence electrons. The van der Waals surface area contributed by atoms with Crippen molar-refractivity contribution in [2.24, 2.45) is 14.1 Å². The summed E-state index contributed by atoms with van der Waals surface area (Å²) in [6, 6.07) is 25.4. The van der Waals surface area contributed by atoms with Gasteiger partial charge >= 0.3 is 5.69 Å². The van der Waals surface area contributed by atoms with E-state index in [0.717, 1.165) is 26.8 Å². The monoisotopic (exact) mass is 447 g/mol. The highest BCUT2D eigenvalue weighted by Crippen LogP contribution is 2.47. The van der Waals surface area contributed by atoms with Crippen LogP contribution in [-0.2, 0) is 14.1 Å². The van der Waals surface area contributed by atoms with Crippen LogP contribution in [-0.4, -0.2) is 14.9 Å². The van der Waals surface area contributed by atoms with E-state index >= 15 is 0 Å². The van der Waals surface area contributed by atoms with Crippen molar-refractivity contribution in [1.82, 2.24) is 9.13 Å². The van der Waals surface area contributed by atoms with E-state index < -0.39 is 17.2 Å². The van der Waals surface area contributed by atoms with E-state index in [-0.39, 0.29) is 5.78 Å². The molecule has 34 heavy (non-hydrogen) atoms. The quantitative estimate of drug-likeness (QED) is 0.506. The minimum Gasteiger partial charge on any atom is -0.340 e. The molecule has 6 nitrogen and oxygen atoms in total. The van der Waals surface area contributed by atoms with Crippen LogP contribution >= 0.6 is 0 Å². The molecule has 0 saturated heterocycles. The van der Waals surface area contributed by atoms with Gasteiger partial charge in [0.1, 0.15) is 5.82 Å². The molecule has 2 aliphatic rings. The van der Waals surface area contributed by atoms with Gasteiger partial charge < -0.3 is 5.32 Å². The van der Waals surface area contributed by atoms with E-state index in [4.69, 9.17) is 0 Å². The first kappa shape index (κ1) is 20.2. The van der Waals surface area contributed by atoms with Crippen molar-refractivity contribution in [3.8, 4) is 11.1 Å². The summed E-state index contributed by atoms with van der Waals surface area (Å²) in [7, 11) is 3.10. The molecule has 4 aromatic rings. The molecule has 1 aliphatic carbocycles. The number of anilines is 1. The highest BCUT2D eigenvalue weighted by molar-refractivity contribution is 6.23. The van der Waals surface area contributed by atoms with Crippen molar-refractivity contribution in [2.45, 2.75) is 5.92 Å². The van der Waals surface area contributed by atoms with Crippen molar-refractivity contribution in [3.63, 3.8) is 0 Å². The van der Waals surface area contributed by atoms with E-state index in [9.17, 15) is 14.4 Å². The van der Waals surface area contributed by atoms with Gasteiger partial charge in [-0.2, -0.15) is 0 Å². The standard InChI is InChI=1S/C28H21N3O3/c1-30-26-23(27(33)31(2)28(30)34)21(18-14-12-17(13-15-18)16-8-4-3-5-9-16)22-24(29-26)19-10-6-7-11-20(19)25(22)32/h3-15,21,29H,1-2H3. The molecule has 0 spiro atoms. The number of carbonyl (C=O) groups is 1. The Kier molecular flexibility index (Phi) is 4.32. The maximum Gasteiger partial charge on any atom is 0.332 e. The molecule has 6 rings (SSSR count). The van der Waals surface area contributed by atoms with Crippen LogP contribution in [0.15, 0.2) is 94.0 Å². The van der Waals surface area contributed by atoms with Gasteiger partial charge in [-0.1, -0.05) is 78.9 Å². The summed E-state index contributed by atoms with van der Waals surface area (Å²) in [5, 5.41) is 3.27. The Morgan fingerprint density at radius 2 is 1.32 bits per heavy atom. The van der Waals surface area contributed by atoms with Gasteiger partial charge in [0.25, 0.3) is 5.56 Å². The average Bonchev–Trinajstić information content (AvgIpc) is 3.17. The van der Waals surface area contributed by atoms with Crippen LogP contribution in [0.25, 0.3) is 16.8 Å². The highest BCUT2D eigenvalue weighted by Gasteiger charge is 2.42. The van der Waals surface area contributed by atoms with E-state index in [0.29, 0.717) is 28.2 Å². The van der Waals surface area contributed by atoms with Crippen LogP contribution in [0.2, 0.25) is 0 Å². The molecule has 0 radical (unpaired) electrons. The molecular weight excluding hydrogens is 426 g/mol. The molecular formula is C28H21N3O3. The van der Waals surface area contributed by atoms with Gasteiger partial charge in [0.05, 0.1) is 11.3 Å². The lowest BCUT2D eigenvalue weighted by Gasteiger charge is -2.29. The number of nitrogens with zero attached hydrogens (tertiary/aromatic N) is 2. The zero-order chi connectivity index (χ0) is 23.6. The summed E-state index contributed by atoms with van der Waals surface area (Å²) >= 11 is 0. The van der Waals surface area contributed by atoms with Crippen molar-refractivity contribution in [2.75, 3.05) is 5.32 Å². The molecule has 3 aromatic carbocycles. The van der Waals surface area contributed by atoms with Gasteiger partial charge in [-0.3, -0.25) is 18.7 Å². The third-order valence-corrected chi connectivity index (χ3v) is 6.83. The summed E-state index contributed by atoms with van der Waals surface area (Å²) in [4.78, 5) is 39.7. The van der Waals surface area contributed by atoms with Gasteiger partial charge in [0.2, 0.25) is 0 Å². The predicted molar refractivity (Wildman–Crippen MR) is 132 cm³/mol. The number of ketones is 1. The van der Waals surface area contributed by atoms with Gasteiger partial charge in [-0.25, -0.2) is 4.79 Å². The molecule has 0 fully saturated rings. The molecule has 6 heteroatoms. The number of hydrogen-bond donors (Lipinski definition) is 1. The zero-order valence-corrected chi connectivity index (χ0v) is 18.7. The first-order valence-electron chi connectivity index (χ1n) is 11.1. The lowest BCUT2D eigenvalue weighted by Crippen LogP contribution is -2.42. The number of benzene rings is 3. The zero-order valence-electron chi connectivity index (χ0n) is 18.7. The summed E-state index contributed by atoms with van der Waals surface area (Å²) in [6.45, 7) is 0. The van der Waals surface area contributed by atoms with E-state index in [1.54, 1.807) is 13.1 Å². The Morgan fingerprint density at radius 1 is 0.706 bits per heavy atom. The highest BCUT2D eigenvalue weighted by atomic mass is 16.2. The Bertz CT molecular complexity index is 1640. The molecule has 2 heterocycles. The van der Waals surface area contributed by atoms with E-state index in [1.807, 2.05) is 72.8 Å². The fourth-order valence-electron chi connectivity index (χ4n) is 5.09. The number of rotatable bonds is 2. The second-order valence-corrected chi connectivity index (χ2v) is 8.68. The molecule has 1 N–H and O–H groups in total. The number of hydrogen-bond acceptors (Lipinski definition) is 4. The summed E-state index contributed by atoms with van der Waals surface area (Å²) in [5.41, 5.74) is 5.11. The molecule has 1 atom stereocenters. The predicted octanol–water partition coefficient (Wildman–Crippen LogP) is 3.92. The number of carbonyl (C=O) groups excluding carboxylic acids is 1. The van der Waals surface area contributed by atoms with Crippen LogP contribution in [0.5, 0.6) is 0 Å². The number of Topliss-reactive ketones (excluding diaryl/α,β-unsaturated/α-hetero) is 1. The Labute approximate surface area is 195 Å². The molecule has 1 aromatic heterocycles. The molecule has 0 amide bonds. The molecule has 1 unspecified atom stereocenters. The summed E-state index contributed by atoms with van der Waals surface area (Å²) in [5.74, 6) is -0.272. The fraction of sp³-hybridized carbons (Fsp3) is 0.107. The van der Waals surface area contributed by atoms with Gasteiger partial charge in [-0.05, 0) is 16.7 Å². The molecule has 0 saturated carbocycles. The van der Waals surface area contributed by atoms with Crippen LogP contribution in [0, 0.1) is 0 Å². The summed E-state index contributed by atoms with van der Waals surface area (Å²) < 4.78 is 2.54. The van der Waals surface area contributed by atoms with E-state index in [1.165, 1.54) is 11.6 Å². The lowest BCUT2D eigenvalue weighted by molar-refractivity contribution is 0.103.